The Morgan fingerprint density at radius 3 is 2.74 bits per heavy atom. The lowest BCUT2D eigenvalue weighted by molar-refractivity contribution is 0.0949. The van der Waals surface area contributed by atoms with Gasteiger partial charge in [-0.05, 0) is 57.0 Å². The second-order valence-electron chi connectivity index (χ2n) is 10.2. The second kappa shape index (κ2) is 10.1. The molecule has 2 aromatic heterocycles. The molecule has 0 saturated carbocycles. The first kappa shape index (κ1) is 24.1. The van der Waals surface area contributed by atoms with Gasteiger partial charge < -0.3 is 14.6 Å². The van der Waals surface area contributed by atoms with Gasteiger partial charge in [0, 0.05) is 37.0 Å². The van der Waals surface area contributed by atoms with E-state index in [0.717, 1.165) is 24.3 Å². The van der Waals surface area contributed by atoms with Crippen LogP contribution in [0.1, 0.15) is 75.3 Å². The van der Waals surface area contributed by atoms with E-state index in [1.165, 1.54) is 25.8 Å². The monoisotopic (exact) mass is 464 g/mol. The van der Waals surface area contributed by atoms with E-state index in [1.54, 1.807) is 6.92 Å². The molecule has 8 heteroatoms. The minimum absolute atomic E-state index is 0.0641. The number of aromatic nitrogens is 4. The van der Waals surface area contributed by atoms with E-state index >= 15 is 0 Å². The van der Waals surface area contributed by atoms with Gasteiger partial charge in [0.2, 0.25) is 5.89 Å². The molecule has 1 aliphatic rings. The molecule has 1 N–H and O–H groups in total. The zero-order chi connectivity index (χ0) is 24.3. The topological polar surface area (TPSA) is 89.1 Å². The first-order valence-corrected chi connectivity index (χ1v) is 12.3. The number of hydrogen-bond acceptors (Lipinski definition) is 6. The number of hydrogen-bond donors (Lipinski definition) is 1. The number of nitrogens with one attached hydrogen (secondary N) is 1. The van der Waals surface area contributed by atoms with E-state index < -0.39 is 0 Å². The zero-order valence-corrected chi connectivity index (χ0v) is 21.0. The lowest BCUT2D eigenvalue weighted by Crippen LogP contribution is -2.39. The molecule has 3 heterocycles. The summed E-state index contributed by atoms with van der Waals surface area (Å²) in [5.74, 6) is 0.819. The van der Waals surface area contributed by atoms with Crippen molar-refractivity contribution in [3.8, 4) is 17.3 Å². The predicted molar refractivity (Wildman–Crippen MR) is 132 cm³/mol. The largest absolute Gasteiger partial charge is 0.420 e. The molecule has 4 rings (SSSR count). The van der Waals surface area contributed by atoms with Crippen LogP contribution in [-0.4, -0.2) is 56.5 Å². The van der Waals surface area contributed by atoms with Gasteiger partial charge in [-0.3, -0.25) is 4.79 Å². The highest BCUT2D eigenvalue weighted by Gasteiger charge is 2.24. The summed E-state index contributed by atoms with van der Waals surface area (Å²) in [4.78, 5) is 15.4. The number of piperidine rings is 1. The maximum absolute atomic E-state index is 12.9. The molecule has 0 spiro atoms. The van der Waals surface area contributed by atoms with Gasteiger partial charge in [0.1, 0.15) is 5.69 Å². The average molecular weight is 465 g/mol. The number of likely N-dealkylation sites (tertiary alicyclic amines) is 1. The standard InChI is InChI=1S/C26H36N6O2/c1-18-10-6-7-14-31(18)15-9-13-27-24(33)20-11-8-12-21(16-20)32-23(26(3,4)5)17-22(30-32)25-29-28-19(2)34-25/h8,11-12,16-18H,6-7,9-10,13-15H2,1-5H3,(H,27,33)/t18-/m0/s1. The van der Waals surface area contributed by atoms with Crippen molar-refractivity contribution in [1.29, 1.82) is 0 Å². The van der Waals surface area contributed by atoms with Gasteiger partial charge in [0.25, 0.3) is 11.8 Å². The molecule has 0 bridgehead atoms. The Balaban J connectivity index is 1.47. The molecular formula is C26H36N6O2. The summed E-state index contributed by atoms with van der Waals surface area (Å²) in [7, 11) is 0. The fourth-order valence-corrected chi connectivity index (χ4v) is 4.47. The van der Waals surface area contributed by atoms with E-state index in [9.17, 15) is 4.79 Å². The highest BCUT2D eigenvalue weighted by Crippen LogP contribution is 2.29. The van der Waals surface area contributed by atoms with Crippen molar-refractivity contribution in [3.63, 3.8) is 0 Å². The van der Waals surface area contributed by atoms with Crippen LogP contribution in [0.5, 0.6) is 0 Å². The van der Waals surface area contributed by atoms with Gasteiger partial charge in [-0.2, -0.15) is 5.10 Å². The minimum atomic E-state index is -0.176. The molecule has 1 aliphatic heterocycles. The summed E-state index contributed by atoms with van der Waals surface area (Å²) in [6.45, 7) is 13.3. The van der Waals surface area contributed by atoms with Crippen LogP contribution in [0.2, 0.25) is 0 Å². The molecule has 1 aromatic carbocycles. The van der Waals surface area contributed by atoms with Crippen LogP contribution in [0, 0.1) is 6.92 Å². The molecule has 0 unspecified atom stereocenters. The number of amides is 1. The molecule has 8 nitrogen and oxygen atoms in total. The molecule has 1 saturated heterocycles. The van der Waals surface area contributed by atoms with Gasteiger partial charge in [-0.25, -0.2) is 4.68 Å². The molecule has 182 valence electrons. The fraction of sp³-hybridized carbons (Fsp3) is 0.538. The van der Waals surface area contributed by atoms with Crippen LogP contribution in [0.4, 0.5) is 0 Å². The summed E-state index contributed by atoms with van der Waals surface area (Å²) in [6, 6.07) is 10.2. The van der Waals surface area contributed by atoms with E-state index in [-0.39, 0.29) is 11.3 Å². The Bertz CT molecular complexity index is 1130. The van der Waals surface area contributed by atoms with Gasteiger partial charge in [0.05, 0.1) is 11.4 Å². The van der Waals surface area contributed by atoms with Crippen LogP contribution in [0.25, 0.3) is 17.3 Å². The molecule has 0 aliphatic carbocycles. The van der Waals surface area contributed by atoms with Crippen molar-refractivity contribution >= 4 is 5.91 Å². The minimum Gasteiger partial charge on any atom is -0.420 e. The van der Waals surface area contributed by atoms with Gasteiger partial charge >= 0.3 is 0 Å². The third kappa shape index (κ3) is 5.55. The maximum atomic E-state index is 12.9. The lowest BCUT2D eigenvalue weighted by atomic mass is 9.91. The maximum Gasteiger partial charge on any atom is 0.268 e. The average Bonchev–Trinajstić information content (AvgIpc) is 3.44. The van der Waals surface area contributed by atoms with Crippen LogP contribution in [0.3, 0.4) is 0 Å². The number of aryl methyl sites for hydroxylation is 1. The second-order valence-corrected chi connectivity index (χ2v) is 10.2. The first-order valence-electron chi connectivity index (χ1n) is 12.3. The van der Waals surface area contributed by atoms with Crippen LogP contribution in [0.15, 0.2) is 34.7 Å². The zero-order valence-electron chi connectivity index (χ0n) is 21.0. The Morgan fingerprint density at radius 1 is 1.21 bits per heavy atom. The SMILES string of the molecule is Cc1nnc(-c2cc(C(C)(C)C)n(-c3cccc(C(=O)NCCCN4CCCC[C@@H]4C)c3)n2)o1. The van der Waals surface area contributed by atoms with Crippen molar-refractivity contribution < 1.29 is 9.21 Å². The Kier molecular flexibility index (Phi) is 7.16. The number of carbonyl (C=O) groups excluding carboxylic acids is 1. The van der Waals surface area contributed by atoms with Crippen LogP contribution in [-0.2, 0) is 5.41 Å². The smallest absolute Gasteiger partial charge is 0.268 e. The molecular weight excluding hydrogens is 428 g/mol. The van der Waals surface area contributed by atoms with Crippen molar-refractivity contribution in [3.05, 3.63) is 47.5 Å². The highest BCUT2D eigenvalue weighted by molar-refractivity contribution is 5.94. The first-order chi connectivity index (χ1) is 16.2. The Hall–Kier alpha value is -3.00. The number of nitrogens with zero attached hydrogens (tertiary/aromatic N) is 5. The van der Waals surface area contributed by atoms with Gasteiger partial charge in [0.15, 0.2) is 0 Å². The molecule has 34 heavy (non-hydrogen) atoms. The predicted octanol–water partition coefficient (Wildman–Crippen LogP) is 4.52. The quantitative estimate of drug-likeness (QED) is 0.517. The summed E-state index contributed by atoms with van der Waals surface area (Å²) in [5, 5.41) is 15.9. The molecule has 1 amide bonds. The summed E-state index contributed by atoms with van der Waals surface area (Å²) in [6.07, 6.45) is 4.84. The van der Waals surface area contributed by atoms with E-state index in [0.29, 0.717) is 35.6 Å². The normalized spacial score (nSPS) is 17.1. The van der Waals surface area contributed by atoms with Crippen molar-refractivity contribution in [2.24, 2.45) is 0 Å². The van der Waals surface area contributed by atoms with E-state index in [4.69, 9.17) is 9.52 Å². The molecule has 1 fully saturated rings. The number of carbonyl (C=O) groups is 1. The third-order valence-electron chi connectivity index (χ3n) is 6.42. The lowest BCUT2D eigenvalue weighted by Gasteiger charge is -2.33. The Morgan fingerprint density at radius 2 is 2.03 bits per heavy atom. The van der Waals surface area contributed by atoms with Crippen LogP contribution >= 0.6 is 0 Å². The number of benzene rings is 1. The summed E-state index contributed by atoms with van der Waals surface area (Å²) < 4.78 is 7.45. The van der Waals surface area contributed by atoms with E-state index in [1.807, 2.05) is 35.0 Å². The Labute approximate surface area is 201 Å². The van der Waals surface area contributed by atoms with Crippen molar-refractivity contribution in [2.45, 2.75) is 71.8 Å². The van der Waals surface area contributed by atoms with Gasteiger partial charge in [-0.1, -0.05) is 33.3 Å². The third-order valence-corrected chi connectivity index (χ3v) is 6.42. The highest BCUT2D eigenvalue weighted by atomic mass is 16.4. The fourth-order valence-electron chi connectivity index (χ4n) is 4.47. The number of rotatable bonds is 7. The van der Waals surface area contributed by atoms with Crippen LogP contribution < -0.4 is 5.32 Å². The van der Waals surface area contributed by atoms with Gasteiger partial charge in [-0.15, -0.1) is 10.2 Å². The van der Waals surface area contributed by atoms with E-state index in [2.05, 4.69) is 48.1 Å². The molecule has 0 radical (unpaired) electrons. The molecule has 1 atom stereocenters. The van der Waals surface area contributed by atoms with Crippen molar-refractivity contribution in [1.82, 2.24) is 30.2 Å². The van der Waals surface area contributed by atoms with Crippen molar-refractivity contribution in [2.75, 3.05) is 19.6 Å². The summed E-state index contributed by atoms with van der Waals surface area (Å²) >= 11 is 0. The molecule has 3 aromatic rings. The summed E-state index contributed by atoms with van der Waals surface area (Å²) in [5.41, 5.74) is 2.87.